The molecule has 0 radical (unpaired) electrons. The highest BCUT2D eigenvalue weighted by Gasteiger charge is 2.30. The zero-order chi connectivity index (χ0) is 15.7. The molecular weight excluding hydrogens is 307 g/mol. The van der Waals surface area contributed by atoms with Crippen molar-refractivity contribution in [1.29, 1.82) is 0 Å². The number of hydrogen-bond donors (Lipinski definition) is 0. The lowest BCUT2D eigenvalue weighted by molar-refractivity contribution is 0.0783. The van der Waals surface area contributed by atoms with Crippen molar-refractivity contribution in [3.8, 4) is 0 Å². The Kier molecular flexibility index (Phi) is 4.11. The van der Waals surface area contributed by atoms with Crippen LogP contribution in [0.4, 0.5) is 4.39 Å². The predicted molar refractivity (Wildman–Crippen MR) is 80.4 cm³/mol. The molecule has 2 aromatic rings. The highest BCUT2D eigenvalue weighted by atomic mass is 35.5. The number of aryl methyl sites for hydroxylation is 1. The third-order valence-electron chi connectivity index (χ3n) is 3.97. The summed E-state index contributed by atoms with van der Waals surface area (Å²) in [7, 11) is 0. The number of halogens is 2. The van der Waals surface area contributed by atoms with Crippen molar-refractivity contribution in [2.75, 3.05) is 13.1 Å². The second-order valence-electron chi connectivity index (χ2n) is 5.33. The van der Waals surface area contributed by atoms with Crippen molar-refractivity contribution in [2.45, 2.75) is 25.8 Å². The van der Waals surface area contributed by atoms with Crippen LogP contribution in [0.3, 0.4) is 0 Å². The van der Waals surface area contributed by atoms with Gasteiger partial charge in [0.25, 0.3) is 5.91 Å². The van der Waals surface area contributed by atoms with Gasteiger partial charge in [-0.2, -0.15) is 0 Å². The number of hydrogen-bond acceptors (Lipinski definition) is 3. The number of benzene rings is 1. The standard InChI is InChI=1S/C15H16ClFN4O/c1-2-14-19-18-9-21(14)11-5-6-20(8-11)15(22)12-7-10(16)3-4-13(12)17/h3-4,7,9,11H,2,5-6,8H2,1H3. The van der Waals surface area contributed by atoms with Crippen molar-refractivity contribution in [1.82, 2.24) is 19.7 Å². The van der Waals surface area contributed by atoms with E-state index >= 15 is 0 Å². The lowest BCUT2D eigenvalue weighted by atomic mass is 10.2. The fourth-order valence-corrected chi connectivity index (χ4v) is 2.98. The van der Waals surface area contributed by atoms with Crippen LogP contribution in [0.2, 0.25) is 5.02 Å². The van der Waals surface area contributed by atoms with Crippen molar-refractivity contribution in [3.05, 3.63) is 46.8 Å². The molecule has 1 aromatic heterocycles. The van der Waals surface area contributed by atoms with E-state index in [0.717, 1.165) is 18.7 Å². The Hall–Kier alpha value is -1.95. The monoisotopic (exact) mass is 322 g/mol. The number of nitrogens with zero attached hydrogens (tertiary/aromatic N) is 4. The molecule has 1 aliphatic heterocycles. The quantitative estimate of drug-likeness (QED) is 0.873. The van der Waals surface area contributed by atoms with Gasteiger partial charge in [0.15, 0.2) is 0 Å². The summed E-state index contributed by atoms with van der Waals surface area (Å²) < 4.78 is 15.8. The number of aromatic nitrogens is 3. The Morgan fingerprint density at radius 2 is 2.32 bits per heavy atom. The maximum atomic E-state index is 13.8. The molecule has 0 bridgehead atoms. The number of likely N-dealkylation sites (tertiary alicyclic amines) is 1. The van der Waals surface area contributed by atoms with Crippen LogP contribution in [0.25, 0.3) is 0 Å². The van der Waals surface area contributed by atoms with Gasteiger partial charge in [-0.25, -0.2) is 4.39 Å². The van der Waals surface area contributed by atoms with Gasteiger partial charge in [0, 0.05) is 24.5 Å². The van der Waals surface area contributed by atoms with Gasteiger partial charge in [0.05, 0.1) is 11.6 Å². The van der Waals surface area contributed by atoms with Crippen LogP contribution >= 0.6 is 11.6 Å². The van der Waals surface area contributed by atoms with Crippen LogP contribution in [0.1, 0.15) is 35.6 Å². The van der Waals surface area contributed by atoms with E-state index in [1.54, 1.807) is 11.2 Å². The predicted octanol–water partition coefficient (Wildman–Crippen LogP) is 2.72. The Balaban J connectivity index is 1.78. The van der Waals surface area contributed by atoms with Crippen LogP contribution in [-0.4, -0.2) is 38.7 Å². The maximum absolute atomic E-state index is 13.8. The first-order valence-corrected chi connectivity index (χ1v) is 7.60. The minimum Gasteiger partial charge on any atom is -0.336 e. The van der Waals surface area contributed by atoms with Gasteiger partial charge >= 0.3 is 0 Å². The Labute approximate surface area is 132 Å². The first kappa shape index (κ1) is 15.0. The average molecular weight is 323 g/mol. The zero-order valence-corrected chi connectivity index (χ0v) is 12.9. The molecule has 1 aromatic carbocycles. The van der Waals surface area contributed by atoms with Crippen molar-refractivity contribution in [3.63, 3.8) is 0 Å². The lowest BCUT2D eigenvalue weighted by Crippen LogP contribution is -2.30. The first-order chi connectivity index (χ1) is 10.6. The molecule has 0 aliphatic carbocycles. The van der Waals surface area contributed by atoms with Crippen molar-refractivity contribution < 1.29 is 9.18 Å². The van der Waals surface area contributed by atoms with Gasteiger partial charge in [-0.1, -0.05) is 18.5 Å². The minimum absolute atomic E-state index is 0.0209. The molecule has 0 N–H and O–H groups in total. The summed E-state index contributed by atoms with van der Waals surface area (Å²) in [6, 6.07) is 4.17. The van der Waals surface area contributed by atoms with E-state index in [-0.39, 0.29) is 17.5 Å². The van der Waals surface area contributed by atoms with Crippen LogP contribution < -0.4 is 0 Å². The first-order valence-electron chi connectivity index (χ1n) is 7.23. The topological polar surface area (TPSA) is 51.0 Å². The van der Waals surface area contributed by atoms with Gasteiger partial charge in [0.2, 0.25) is 0 Å². The van der Waals surface area contributed by atoms with E-state index < -0.39 is 5.82 Å². The van der Waals surface area contributed by atoms with E-state index in [2.05, 4.69) is 10.2 Å². The summed E-state index contributed by atoms with van der Waals surface area (Å²) in [5, 5.41) is 8.34. The second kappa shape index (κ2) is 6.04. The van der Waals surface area contributed by atoms with Crippen LogP contribution in [0.5, 0.6) is 0 Å². The summed E-state index contributed by atoms with van der Waals surface area (Å²) in [6.45, 7) is 3.12. The van der Waals surface area contributed by atoms with E-state index in [9.17, 15) is 9.18 Å². The van der Waals surface area contributed by atoms with Crippen molar-refractivity contribution in [2.24, 2.45) is 0 Å². The summed E-state index contributed by atoms with van der Waals surface area (Å²) in [4.78, 5) is 14.1. The zero-order valence-electron chi connectivity index (χ0n) is 12.2. The third kappa shape index (κ3) is 2.70. The van der Waals surface area contributed by atoms with E-state index in [1.807, 2.05) is 11.5 Å². The van der Waals surface area contributed by atoms with Gasteiger partial charge in [0.1, 0.15) is 18.0 Å². The van der Waals surface area contributed by atoms with Crippen LogP contribution in [-0.2, 0) is 6.42 Å². The van der Waals surface area contributed by atoms with Crippen molar-refractivity contribution >= 4 is 17.5 Å². The largest absolute Gasteiger partial charge is 0.336 e. The van der Waals surface area contributed by atoms with E-state index in [0.29, 0.717) is 18.1 Å². The molecule has 1 saturated heterocycles. The molecule has 1 amide bonds. The molecule has 5 nitrogen and oxygen atoms in total. The Bertz CT molecular complexity index is 703. The maximum Gasteiger partial charge on any atom is 0.256 e. The normalized spacial score (nSPS) is 18.0. The summed E-state index contributed by atoms with van der Waals surface area (Å²) >= 11 is 5.86. The van der Waals surface area contributed by atoms with Gasteiger partial charge in [-0.3, -0.25) is 4.79 Å². The molecule has 1 atom stereocenters. The number of rotatable bonds is 3. The molecule has 1 unspecified atom stereocenters. The highest BCUT2D eigenvalue weighted by Crippen LogP contribution is 2.25. The van der Waals surface area contributed by atoms with Gasteiger partial charge in [-0.05, 0) is 24.6 Å². The SMILES string of the molecule is CCc1nncn1C1CCN(C(=O)c2cc(Cl)ccc2F)C1. The second-order valence-corrected chi connectivity index (χ2v) is 5.76. The average Bonchev–Trinajstić information content (AvgIpc) is 3.16. The molecular formula is C15H16ClFN4O. The molecule has 22 heavy (non-hydrogen) atoms. The van der Waals surface area contributed by atoms with Crippen LogP contribution in [0.15, 0.2) is 24.5 Å². The lowest BCUT2D eigenvalue weighted by Gasteiger charge is -2.18. The minimum atomic E-state index is -0.545. The fourth-order valence-electron chi connectivity index (χ4n) is 2.81. The summed E-state index contributed by atoms with van der Waals surface area (Å²) in [6.07, 6.45) is 3.28. The fraction of sp³-hybridized carbons (Fsp3) is 0.400. The number of amides is 1. The highest BCUT2D eigenvalue weighted by molar-refractivity contribution is 6.31. The molecule has 116 valence electrons. The smallest absolute Gasteiger partial charge is 0.256 e. The number of carbonyl (C=O) groups is 1. The molecule has 1 fully saturated rings. The molecule has 2 heterocycles. The van der Waals surface area contributed by atoms with E-state index in [1.165, 1.54) is 18.2 Å². The molecule has 0 saturated carbocycles. The molecule has 3 rings (SSSR count). The van der Waals surface area contributed by atoms with Gasteiger partial charge in [-0.15, -0.1) is 10.2 Å². The van der Waals surface area contributed by atoms with E-state index in [4.69, 9.17) is 11.6 Å². The Morgan fingerprint density at radius 3 is 3.09 bits per heavy atom. The van der Waals surface area contributed by atoms with Gasteiger partial charge < -0.3 is 9.47 Å². The molecule has 1 aliphatic rings. The molecule has 0 spiro atoms. The number of carbonyl (C=O) groups excluding carboxylic acids is 1. The summed E-state index contributed by atoms with van der Waals surface area (Å²) in [5.41, 5.74) is 0.0209. The summed E-state index contributed by atoms with van der Waals surface area (Å²) in [5.74, 6) is 0.0262. The van der Waals surface area contributed by atoms with Crippen LogP contribution in [0, 0.1) is 5.82 Å². The molecule has 7 heteroatoms. The Morgan fingerprint density at radius 1 is 1.50 bits per heavy atom. The third-order valence-corrected chi connectivity index (χ3v) is 4.20.